The Morgan fingerprint density at radius 3 is 2.59 bits per heavy atom. The number of anilines is 1. The predicted octanol–water partition coefficient (Wildman–Crippen LogP) is 2.18. The number of nitrogens with one attached hydrogen (secondary N) is 1. The fourth-order valence-electron chi connectivity index (χ4n) is 2.55. The Balaban J connectivity index is 2.24. The molecule has 0 spiro atoms. The van der Waals surface area contributed by atoms with Crippen LogP contribution in [-0.2, 0) is 24.6 Å². The number of sulfonamides is 1. The lowest BCUT2D eigenvalue weighted by atomic mass is 10.2. The minimum atomic E-state index is -3.94. The van der Waals surface area contributed by atoms with Crippen LogP contribution in [0.4, 0.5) is 5.82 Å². The first-order chi connectivity index (χ1) is 13.6. The van der Waals surface area contributed by atoms with Gasteiger partial charge in [0.1, 0.15) is 32.4 Å². The number of furan rings is 1. The Morgan fingerprint density at radius 1 is 1.34 bits per heavy atom. The van der Waals surface area contributed by atoms with Crippen molar-refractivity contribution in [2.24, 2.45) is 0 Å². The molecule has 2 aromatic heterocycles. The molecular formula is C17H24ClN3O6S2. The minimum Gasteiger partial charge on any atom is -0.467 e. The van der Waals surface area contributed by atoms with Crippen LogP contribution in [0.1, 0.15) is 18.7 Å². The van der Waals surface area contributed by atoms with Crippen molar-refractivity contribution in [3.8, 4) is 0 Å². The lowest BCUT2D eigenvalue weighted by molar-refractivity contribution is 0.178. The van der Waals surface area contributed by atoms with E-state index in [0.29, 0.717) is 5.76 Å². The average Bonchev–Trinajstić information content (AvgIpc) is 3.16. The molecule has 12 heteroatoms. The number of hydrogen-bond acceptors (Lipinski definition) is 8. The molecule has 0 aromatic carbocycles. The van der Waals surface area contributed by atoms with Gasteiger partial charge in [-0.25, -0.2) is 21.8 Å². The molecule has 1 unspecified atom stereocenters. The molecule has 0 aliphatic heterocycles. The van der Waals surface area contributed by atoms with E-state index < -0.39 is 19.9 Å². The highest BCUT2D eigenvalue weighted by Crippen LogP contribution is 2.28. The lowest BCUT2D eigenvalue weighted by Crippen LogP contribution is -2.35. The van der Waals surface area contributed by atoms with Gasteiger partial charge >= 0.3 is 0 Å². The Kier molecular flexibility index (Phi) is 8.06. The number of sulfone groups is 1. The Labute approximate surface area is 176 Å². The molecule has 162 valence electrons. The summed E-state index contributed by atoms with van der Waals surface area (Å²) in [6, 6.07) is 4.41. The highest BCUT2D eigenvalue weighted by Gasteiger charge is 2.26. The van der Waals surface area contributed by atoms with Gasteiger partial charge in [-0.2, -0.15) is 4.31 Å². The van der Waals surface area contributed by atoms with Crippen LogP contribution in [0, 0.1) is 0 Å². The van der Waals surface area contributed by atoms with Crippen LogP contribution in [0.2, 0.25) is 5.02 Å². The van der Waals surface area contributed by atoms with Gasteiger partial charge in [-0.1, -0.05) is 18.5 Å². The first kappa shape index (κ1) is 23.6. The van der Waals surface area contributed by atoms with Crippen molar-refractivity contribution >= 4 is 37.3 Å². The number of pyridine rings is 1. The van der Waals surface area contributed by atoms with Gasteiger partial charge in [-0.3, -0.25) is 0 Å². The van der Waals surface area contributed by atoms with Crippen molar-refractivity contribution in [2.45, 2.75) is 17.9 Å². The molecule has 0 aliphatic carbocycles. The van der Waals surface area contributed by atoms with Crippen LogP contribution in [0.25, 0.3) is 0 Å². The molecule has 1 atom stereocenters. The van der Waals surface area contributed by atoms with E-state index in [0.717, 1.165) is 10.6 Å². The van der Waals surface area contributed by atoms with E-state index in [4.69, 9.17) is 20.8 Å². The lowest BCUT2D eigenvalue weighted by Gasteiger charge is -2.21. The summed E-state index contributed by atoms with van der Waals surface area (Å²) in [7, 11) is -5.71. The highest BCUT2D eigenvalue weighted by molar-refractivity contribution is 7.91. The number of hydrogen-bond donors (Lipinski definition) is 1. The fraction of sp³-hybridized carbons (Fsp3) is 0.471. The van der Waals surface area contributed by atoms with Gasteiger partial charge in [0, 0.05) is 32.7 Å². The van der Waals surface area contributed by atoms with Crippen LogP contribution in [-0.4, -0.2) is 64.9 Å². The van der Waals surface area contributed by atoms with E-state index in [2.05, 4.69) is 10.3 Å². The van der Waals surface area contributed by atoms with Gasteiger partial charge in [0.2, 0.25) is 10.0 Å². The summed E-state index contributed by atoms with van der Waals surface area (Å²) in [5.74, 6) is 0.602. The number of ether oxygens (including phenoxy) is 1. The number of methoxy groups -OCH3 is 1. The molecule has 1 N–H and O–H groups in total. The number of nitrogens with zero attached hydrogens (tertiary/aromatic N) is 2. The predicted molar refractivity (Wildman–Crippen MR) is 110 cm³/mol. The Hall–Kier alpha value is -1.66. The first-order valence-corrected chi connectivity index (χ1v) is 12.6. The van der Waals surface area contributed by atoms with Crippen molar-refractivity contribution in [3.63, 3.8) is 0 Å². The second kappa shape index (κ2) is 9.90. The van der Waals surface area contributed by atoms with Gasteiger partial charge in [0.15, 0.2) is 0 Å². The smallest absolute Gasteiger partial charge is 0.244 e. The van der Waals surface area contributed by atoms with E-state index in [1.165, 1.54) is 25.6 Å². The third-order valence-corrected chi connectivity index (χ3v) is 7.20. The normalized spacial score (nSPS) is 13.6. The fourth-order valence-corrected chi connectivity index (χ4v) is 4.92. The SMILES string of the molecule is CCN(CCS(C)(=O)=O)S(=O)(=O)c1cnc(NC(COC)c2ccco2)c(Cl)c1. The molecule has 9 nitrogen and oxygen atoms in total. The molecule has 0 saturated heterocycles. The van der Waals surface area contributed by atoms with Crippen molar-refractivity contribution < 1.29 is 26.0 Å². The van der Waals surface area contributed by atoms with Gasteiger partial charge in [-0.15, -0.1) is 0 Å². The summed E-state index contributed by atoms with van der Waals surface area (Å²) in [5, 5.41) is 3.16. The van der Waals surface area contributed by atoms with Crippen LogP contribution >= 0.6 is 11.6 Å². The number of rotatable bonds is 11. The first-order valence-electron chi connectivity index (χ1n) is 8.70. The summed E-state index contributed by atoms with van der Waals surface area (Å²) in [6.45, 7) is 1.87. The molecule has 0 aliphatic rings. The quantitative estimate of drug-likeness (QED) is 0.536. The van der Waals surface area contributed by atoms with E-state index in [9.17, 15) is 16.8 Å². The second-order valence-electron chi connectivity index (χ2n) is 6.30. The largest absolute Gasteiger partial charge is 0.467 e. The summed E-state index contributed by atoms with van der Waals surface area (Å²) < 4.78 is 60.1. The van der Waals surface area contributed by atoms with E-state index in [-0.39, 0.29) is 47.2 Å². The molecule has 0 fully saturated rings. The van der Waals surface area contributed by atoms with Crippen LogP contribution < -0.4 is 5.32 Å². The van der Waals surface area contributed by atoms with E-state index in [1.54, 1.807) is 19.1 Å². The number of aromatic nitrogens is 1. The van der Waals surface area contributed by atoms with Crippen LogP contribution in [0.5, 0.6) is 0 Å². The van der Waals surface area contributed by atoms with Crippen molar-refractivity contribution in [1.82, 2.24) is 9.29 Å². The summed E-state index contributed by atoms with van der Waals surface area (Å²) >= 11 is 6.26. The van der Waals surface area contributed by atoms with Gasteiger partial charge in [0.05, 0.1) is 23.6 Å². The van der Waals surface area contributed by atoms with E-state index in [1.807, 2.05) is 0 Å². The van der Waals surface area contributed by atoms with Crippen LogP contribution in [0.3, 0.4) is 0 Å². The second-order valence-corrected chi connectivity index (χ2v) is 10.9. The topological polar surface area (TPSA) is 119 Å². The summed E-state index contributed by atoms with van der Waals surface area (Å²) in [5.41, 5.74) is 0. The molecule has 2 heterocycles. The molecule has 2 rings (SSSR count). The molecule has 0 radical (unpaired) electrons. The third-order valence-electron chi connectivity index (χ3n) is 4.05. The Morgan fingerprint density at radius 2 is 2.07 bits per heavy atom. The third kappa shape index (κ3) is 6.41. The Bertz CT molecular complexity index is 1010. The molecule has 0 saturated carbocycles. The molecule has 2 aromatic rings. The van der Waals surface area contributed by atoms with Gasteiger partial charge in [0.25, 0.3) is 0 Å². The van der Waals surface area contributed by atoms with Gasteiger partial charge in [-0.05, 0) is 18.2 Å². The van der Waals surface area contributed by atoms with Crippen molar-refractivity contribution in [2.75, 3.05) is 44.1 Å². The minimum absolute atomic E-state index is 0.0953. The molecule has 0 bridgehead atoms. The monoisotopic (exact) mass is 465 g/mol. The van der Waals surface area contributed by atoms with Crippen molar-refractivity contribution in [3.05, 3.63) is 41.4 Å². The number of halogens is 1. The zero-order valence-electron chi connectivity index (χ0n) is 16.3. The van der Waals surface area contributed by atoms with E-state index >= 15 is 0 Å². The van der Waals surface area contributed by atoms with Crippen molar-refractivity contribution in [1.29, 1.82) is 0 Å². The van der Waals surface area contributed by atoms with Gasteiger partial charge < -0.3 is 14.5 Å². The average molecular weight is 466 g/mol. The zero-order chi connectivity index (χ0) is 21.7. The molecule has 29 heavy (non-hydrogen) atoms. The summed E-state index contributed by atoms with van der Waals surface area (Å²) in [4.78, 5) is 4.02. The maximum absolute atomic E-state index is 12.8. The maximum Gasteiger partial charge on any atom is 0.244 e. The standard InChI is InChI=1S/C17H24ClN3O6S2/c1-4-21(7-9-28(3,22)23)29(24,25)13-10-14(18)17(19-11-13)20-15(12-26-2)16-6-5-8-27-16/h5-6,8,10-11,15H,4,7,9,12H2,1-3H3,(H,19,20). The zero-order valence-corrected chi connectivity index (χ0v) is 18.7. The molecule has 0 amide bonds. The highest BCUT2D eigenvalue weighted by atomic mass is 35.5. The maximum atomic E-state index is 12.8. The molecular weight excluding hydrogens is 442 g/mol. The van der Waals surface area contributed by atoms with Crippen LogP contribution in [0.15, 0.2) is 40.0 Å². The summed E-state index contributed by atoms with van der Waals surface area (Å²) in [6.07, 6.45) is 3.76.